The van der Waals surface area contributed by atoms with Gasteiger partial charge in [-0.3, -0.25) is 9.08 Å². The molecule has 0 amide bonds. The van der Waals surface area contributed by atoms with Gasteiger partial charge in [-0.05, 0) is 22.6 Å². The van der Waals surface area contributed by atoms with Gasteiger partial charge in [0.25, 0.3) is 0 Å². The van der Waals surface area contributed by atoms with Crippen molar-refractivity contribution in [2.75, 3.05) is 0 Å². The smallest absolute Gasteiger partial charge is 0.169 e. The Labute approximate surface area is 105 Å². The number of aromatic nitrogens is 5. The maximum atomic E-state index is 4.36. The van der Waals surface area contributed by atoms with Gasteiger partial charge < -0.3 is 0 Å². The molecule has 0 saturated heterocycles. The highest BCUT2D eigenvalue weighted by atomic mass is 127. The minimum absolute atomic E-state index is 0.877. The quantitative estimate of drug-likeness (QED) is 0.640. The summed E-state index contributed by atoms with van der Waals surface area (Å²) in [6, 6.07) is 0. The molecule has 3 aromatic rings. The highest BCUT2D eigenvalue weighted by Crippen LogP contribution is 2.21. The van der Waals surface area contributed by atoms with Crippen LogP contribution in [-0.4, -0.2) is 24.1 Å². The van der Waals surface area contributed by atoms with E-state index in [1.165, 1.54) is 0 Å². The summed E-state index contributed by atoms with van der Waals surface area (Å²) in [6.07, 6.45) is 9.33. The highest BCUT2D eigenvalue weighted by molar-refractivity contribution is 14.1. The van der Waals surface area contributed by atoms with Crippen molar-refractivity contribution in [2.24, 2.45) is 7.05 Å². The molecule has 3 heterocycles. The van der Waals surface area contributed by atoms with E-state index in [4.69, 9.17) is 0 Å². The second-order valence-corrected chi connectivity index (χ2v) is 4.48. The summed E-state index contributed by atoms with van der Waals surface area (Å²) >= 11 is 2.18. The first-order valence-corrected chi connectivity index (χ1v) is 5.80. The Morgan fingerprint density at radius 3 is 2.88 bits per heavy atom. The minimum Gasteiger partial charge on any atom is -0.296 e. The molecule has 0 fully saturated rings. The first-order valence-electron chi connectivity index (χ1n) is 4.72. The third kappa shape index (κ3) is 1.41. The number of rotatable bonds is 1. The molecule has 0 aliphatic heterocycles. The fourth-order valence-corrected chi connectivity index (χ4v) is 2.21. The maximum absolute atomic E-state index is 4.36. The SMILES string of the molecule is Cn1cc(-c2cnc3c(I)nccn23)cn1. The molecular formula is C10H8IN5. The van der Waals surface area contributed by atoms with Crippen LogP contribution < -0.4 is 0 Å². The Kier molecular flexibility index (Phi) is 2.16. The van der Waals surface area contributed by atoms with Crippen molar-refractivity contribution in [2.45, 2.75) is 0 Å². The van der Waals surface area contributed by atoms with E-state index < -0.39 is 0 Å². The van der Waals surface area contributed by atoms with Crippen molar-refractivity contribution in [3.63, 3.8) is 0 Å². The van der Waals surface area contributed by atoms with Crippen molar-refractivity contribution >= 4 is 28.2 Å². The molecule has 0 aliphatic carbocycles. The molecule has 5 nitrogen and oxygen atoms in total. The second kappa shape index (κ2) is 3.55. The van der Waals surface area contributed by atoms with Crippen LogP contribution in [0.15, 0.2) is 31.0 Å². The van der Waals surface area contributed by atoms with Crippen molar-refractivity contribution < 1.29 is 0 Å². The van der Waals surface area contributed by atoms with E-state index in [9.17, 15) is 0 Å². The van der Waals surface area contributed by atoms with Crippen LogP contribution in [0, 0.1) is 3.70 Å². The number of nitrogens with zero attached hydrogens (tertiary/aromatic N) is 5. The zero-order chi connectivity index (χ0) is 11.1. The standard InChI is InChI=1S/C10H8IN5/c1-15-6-7(4-14-15)8-5-13-10-9(11)12-2-3-16(8)10/h2-6H,1H3. The lowest BCUT2D eigenvalue weighted by Crippen LogP contribution is -1.91. The van der Waals surface area contributed by atoms with E-state index >= 15 is 0 Å². The van der Waals surface area contributed by atoms with E-state index in [1.807, 2.05) is 36.2 Å². The predicted molar refractivity (Wildman–Crippen MR) is 67.9 cm³/mol. The lowest BCUT2D eigenvalue weighted by Gasteiger charge is -1.98. The minimum atomic E-state index is 0.877. The molecule has 3 aromatic heterocycles. The summed E-state index contributed by atoms with van der Waals surface area (Å²) < 4.78 is 4.70. The van der Waals surface area contributed by atoms with Crippen molar-refractivity contribution in [1.82, 2.24) is 24.1 Å². The summed E-state index contributed by atoms with van der Waals surface area (Å²) in [6.45, 7) is 0. The van der Waals surface area contributed by atoms with Crippen LogP contribution in [0.4, 0.5) is 0 Å². The van der Waals surface area contributed by atoms with Gasteiger partial charge in [-0.1, -0.05) is 0 Å². The largest absolute Gasteiger partial charge is 0.296 e. The molecule has 0 aliphatic rings. The lowest BCUT2D eigenvalue weighted by molar-refractivity contribution is 0.768. The van der Waals surface area contributed by atoms with Crippen LogP contribution in [-0.2, 0) is 7.05 Å². The number of fused-ring (bicyclic) bond motifs is 1. The van der Waals surface area contributed by atoms with Crippen LogP contribution in [0.5, 0.6) is 0 Å². The monoisotopic (exact) mass is 325 g/mol. The summed E-state index contributed by atoms with van der Waals surface area (Å²) in [7, 11) is 1.90. The molecule has 0 atom stereocenters. The van der Waals surface area contributed by atoms with Gasteiger partial charge in [-0.25, -0.2) is 9.97 Å². The molecule has 0 N–H and O–H groups in total. The van der Waals surface area contributed by atoms with Crippen LogP contribution in [0.3, 0.4) is 0 Å². The van der Waals surface area contributed by atoms with Gasteiger partial charge in [0.2, 0.25) is 0 Å². The Bertz CT molecular complexity index is 654. The Hall–Kier alpha value is -1.44. The Morgan fingerprint density at radius 2 is 2.12 bits per heavy atom. The predicted octanol–water partition coefficient (Wildman–Crippen LogP) is 1.73. The van der Waals surface area contributed by atoms with E-state index in [0.29, 0.717) is 0 Å². The average Bonchev–Trinajstić information content (AvgIpc) is 2.84. The van der Waals surface area contributed by atoms with Crippen LogP contribution in [0.2, 0.25) is 0 Å². The van der Waals surface area contributed by atoms with E-state index in [-0.39, 0.29) is 0 Å². The normalized spacial score (nSPS) is 11.1. The molecule has 0 bridgehead atoms. The third-order valence-corrected chi connectivity index (χ3v) is 3.15. The van der Waals surface area contributed by atoms with Crippen LogP contribution in [0.1, 0.15) is 0 Å². The van der Waals surface area contributed by atoms with Gasteiger partial charge in [0, 0.05) is 31.2 Å². The molecule has 0 unspecified atom stereocenters. The van der Waals surface area contributed by atoms with E-state index in [0.717, 1.165) is 20.6 Å². The molecule has 3 rings (SSSR count). The number of halogens is 1. The van der Waals surface area contributed by atoms with Crippen molar-refractivity contribution in [1.29, 1.82) is 0 Å². The maximum Gasteiger partial charge on any atom is 0.169 e. The second-order valence-electron chi connectivity index (χ2n) is 3.46. The molecule has 80 valence electrons. The van der Waals surface area contributed by atoms with Gasteiger partial charge in [0.1, 0.15) is 3.70 Å². The topological polar surface area (TPSA) is 48.0 Å². The van der Waals surface area contributed by atoms with Crippen LogP contribution in [0.25, 0.3) is 16.9 Å². The first kappa shape index (κ1) is 9.76. The lowest BCUT2D eigenvalue weighted by atomic mass is 10.3. The van der Waals surface area contributed by atoms with Gasteiger partial charge in [-0.15, -0.1) is 0 Å². The number of imidazole rings is 1. The molecule has 0 radical (unpaired) electrons. The number of hydrogen-bond acceptors (Lipinski definition) is 3. The first-order chi connectivity index (χ1) is 7.75. The van der Waals surface area contributed by atoms with Gasteiger partial charge in [-0.2, -0.15) is 5.10 Å². The Balaban J connectivity index is 2.29. The fraction of sp³-hybridized carbons (Fsp3) is 0.100. The van der Waals surface area contributed by atoms with Gasteiger partial charge >= 0.3 is 0 Å². The van der Waals surface area contributed by atoms with E-state index in [2.05, 4.69) is 37.7 Å². The zero-order valence-corrected chi connectivity index (χ0v) is 10.7. The molecule has 0 aromatic carbocycles. The fourth-order valence-electron chi connectivity index (χ4n) is 1.65. The average molecular weight is 325 g/mol. The molecular weight excluding hydrogens is 317 g/mol. The zero-order valence-electron chi connectivity index (χ0n) is 8.50. The van der Waals surface area contributed by atoms with Gasteiger partial charge in [0.05, 0.1) is 18.1 Å². The summed E-state index contributed by atoms with van der Waals surface area (Å²) in [5, 5.41) is 4.16. The molecule has 6 heteroatoms. The molecule has 0 spiro atoms. The summed E-state index contributed by atoms with van der Waals surface area (Å²) in [5.41, 5.74) is 2.96. The molecule has 16 heavy (non-hydrogen) atoms. The van der Waals surface area contributed by atoms with E-state index in [1.54, 1.807) is 10.9 Å². The Morgan fingerprint density at radius 1 is 1.25 bits per heavy atom. The molecule has 0 saturated carbocycles. The number of aryl methyl sites for hydroxylation is 1. The van der Waals surface area contributed by atoms with Crippen molar-refractivity contribution in [3.8, 4) is 11.3 Å². The summed E-state index contributed by atoms with van der Waals surface area (Å²) in [5.74, 6) is 0. The summed E-state index contributed by atoms with van der Waals surface area (Å²) in [4.78, 5) is 8.56. The van der Waals surface area contributed by atoms with Gasteiger partial charge in [0.15, 0.2) is 5.65 Å². The van der Waals surface area contributed by atoms with Crippen LogP contribution >= 0.6 is 22.6 Å². The van der Waals surface area contributed by atoms with Crippen molar-refractivity contribution in [3.05, 3.63) is 34.7 Å². The third-order valence-electron chi connectivity index (χ3n) is 2.39. The number of hydrogen-bond donors (Lipinski definition) is 0. The highest BCUT2D eigenvalue weighted by Gasteiger charge is 2.09.